The van der Waals surface area contributed by atoms with Gasteiger partial charge in [-0.2, -0.15) is 0 Å². The van der Waals surface area contributed by atoms with E-state index >= 15 is 0 Å². The van der Waals surface area contributed by atoms with Crippen LogP contribution >= 0.6 is 0 Å². The minimum absolute atomic E-state index is 0.189. The Morgan fingerprint density at radius 3 is 2.96 bits per heavy atom. The highest BCUT2D eigenvalue weighted by molar-refractivity contribution is 6.01. The van der Waals surface area contributed by atoms with E-state index in [1.165, 1.54) is 0 Å². The summed E-state index contributed by atoms with van der Waals surface area (Å²) in [6.07, 6.45) is 3.26. The highest BCUT2D eigenvalue weighted by atomic mass is 16.5. The summed E-state index contributed by atoms with van der Waals surface area (Å²) >= 11 is 0. The van der Waals surface area contributed by atoms with E-state index in [1.807, 2.05) is 42.5 Å². The van der Waals surface area contributed by atoms with Crippen LogP contribution in [-0.4, -0.2) is 38.5 Å². The van der Waals surface area contributed by atoms with Gasteiger partial charge in [0.25, 0.3) is 0 Å². The van der Waals surface area contributed by atoms with Gasteiger partial charge in [0.15, 0.2) is 0 Å². The van der Waals surface area contributed by atoms with Gasteiger partial charge in [0.1, 0.15) is 0 Å². The van der Waals surface area contributed by atoms with Crippen LogP contribution in [0, 0.1) is 0 Å². The van der Waals surface area contributed by atoms with Crippen LogP contribution in [0.4, 0.5) is 10.5 Å². The third-order valence-electron chi connectivity index (χ3n) is 4.12. The molecule has 0 aromatic heterocycles. The van der Waals surface area contributed by atoms with E-state index in [0.717, 1.165) is 42.3 Å². The Bertz CT molecular complexity index is 663. The van der Waals surface area contributed by atoms with Gasteiger partial charge >= 0.3 is 6.03 Å². The van der Waals surface area contributed by atoms with Gasteiger partial charge in [-0.1, -0.05) is 36.4 Å². The van der Waals surface area contributed by atoms with Crippen molar-refractivity contribution in [3.8, 4) is 0 Å². The molecule has 5 heteroatoms. The molecule has 2 amide bonds. The minimum Gasteiger partial charge on any atom is -0.379 e. The molecule has 0 saturated carbocycles. The van der Waals surface area contributed by atoms with Crippen molar-refractivity contribution < 1.29 is 14.3 Å². The number of ether oxygens (including phenoxy) is 2. The Hall–Kier alpha value is -2.11. The summed E-state index contributed by atoms with van der Waals surface area (Å²) < 4.78 is 11.1. The second-order valence-electron chi connectivity index (χ2n) is 5.97. The Morgan fingerprint density at radius 1 is 1.21 bits per heavy atom. The summed E-state index contributed by atoms with van der Waals surface area (Å²) in [7, 11) is 0. The molecular formula is C19H24N2O3. The molecule has 1 heterocycles. The van der Waals surface area contributed by atoms with Crippen molar-refractivity contribution >= 4 is 22.5 Å². The monoisotopic (exact) mass is 328 g/mol. The van der Waals surface area contributed by atoms with E-state index in [4.69, 9.17) is 9.47 Å². The molecule has 0 unspecified atom stereocenters. The molecule has 1 saturated heterocycles. The summed E-state index contributed by atoms with van der Waals surface area (Å²) in [5.41, 5.74) is 0.820. The summed E-state index contributed by atoms with van der Waals surface area (Å²) in [5.74, 6) is 0. The van der Waals surface area contributed by atoms with Crippen molar-refractivity contribution in [3.05, 3.63) is 42.5 Å². The number of rotatable bonds is 7. The lowest BCUT2D eigenvalue weighted by Crippen LogP contribution is -2.30. The predicted octanol–water partition coefficient (Wildman–Crippen LogP) is 3.55. The molecule has 2 aromatic carbocycles. The van der Waals surface area contributed by atoms with E-state index in [9.17, 15) is 4.79 Å². The van der Waals surface area contributed by atoms with E-state index in [2.05, 4.69) is 10.6 Å². The van der Waals surface area contributed by atoms with E-state index in [0.29, 0.717) is 19.8 Å². The maximum Gasteiger partial charge on any atom is 0.319 e. The van der Waals surface area contributed by atoms with Gasteiger partial charge in [0.05, 0.1) is 18.4 Å². The number of hydrogen-bond donors (Lipinski definition) is 2. The molecule has 128 valence electrons. The molecule has 24 heavy (non-hydrogen) atoms. The first kappa shape index (κ1) is 16.7. The Morgan fingerprint density at radius 2 is 2.08 bits per heavy atom. The van der Waals surface area contributed by atoms with Gasteiger partial charge < -0.3 is 20.1 Å². The Labute approximate surface area is 142 Å². The fourth-order valence-corrected chi connectivity index (χ4v) is 2.87. The Kier molecular flexibility index (Phi) is 6.04. The molecule has 1 atom stereocenters. The van der Waals surface area contributed by atoms with Crippen molar-refractivity contribution in [3.63, 3.8) is 0 Å². The van der Waals surface area contributed by atoms with Gasteiger partial charge in [-0.15, -0.1) is 0 Å². The largest absolute Gasteiger partial charge is 0.379 e. The molecule has 0 aliphatic carbocycles. The standard InChI is InChI=1S/C19H24N2O3/c22-19(20-11-5-12-23-14-16-8-4-13-24-16)21-18-10-3-7-15-6-1-2-9-17(15)18/h1-3,6-7,9-10,16H,4-5,8,11-14H2,(H2,20,21,22)/t16-/m0/s1. The Balaban J connectivity index is 1.36. The van der Waals surface area contributed by atoms with Gasteiger partial charge in [0.2, 0.25) is 0 Å². The summed E-state index contributed by atoms with van der Waals surface area (Å²) in [4.78, 5) is 12.0. The van der Waals surface area contributed by atoms with Crippen molar-refractivity contribution in [1.29, 1.82) is 0 Å². The first-order valence-corrected chi connectivity index (χ1v) is 8.55. The summed E-state index contributed by atoms with van der Waals surface area (Å²) in [5, 5.41) is 7.92. The molecular weight excluding hydrogens is 304 g/mol. The summed E-state index contributed by atoms with van der Waals surface area (Å²) in [6.45, 7) is 2.72. The van der Waals surface area contributed by atoms with Crippen LogP contribution in [0.5, 0.6) is 0 Å². The number of anilines is 1. The van der Waals surface area contributed by atoms with Crippen molar-refractivity contribution in [2.75, 3.05) is 31.7 Å². The van der Waals surface area contributed by atoms with E-state index in [-0.39, 0.29) is 12.1 Å². The molecule has 0 radical (unpaired) electrons. The van der Waals surface area contributed by atoms with Gasteiger partial charge in [-0.25, -0.2) is 4.79 Å². The van der Waals surface area contributed by atoms with Crippen molar-refractivity contribution in [1.82, 2.24) is 5.32 Å². The normalized spacial score (nSPS) is 17.1. The number of hydrogen-bond acceptors (Lipinski definition) is 3. The highest BCUT2D eigenvalue weighted by Gasteiger charge is 2.14. The highest BCUT2D eigenvalue weighted by Crippen LogP contribution is 2.22. The first-order chi connectivity index (χ1) is 11.8. The fourth-order valence-electron chi connectivity index (χ4n) is 2.87. The lowest BCUT2D eigenvalue weighted by atomic mass is 10.1. The van der Waals surface area contributed by atoms with Crippen molar-refractivity contribution in [2.24, 2.45) is 0 Å². The number of fused-ring (bicyclic) bond motifs is 1. The van der Waals surface area contributed by atoms with Gasteiger partial charge in [-0.3, -0.25) is 0 Å². The van der Waals surface area contributed by atoms with Crippen LogP contribution in [0.15, 0.2) is 42.5 Å². The number of nitrogens with one attached hydrogen (secondary N) is 2. The zero-order chi connectivity index (χ0) is 16.6. The maximum atomic E-state index is 12.0. The van der Waals surface area contributed by atoms with E-state index < -0.39 is 0 Å². The quantitative estimate of drug-likeness (QED) is 0.764. The number of amides is 2. The van der Waals surface area contributed by atoms with Gasteiger partial charge in [0, 0.05) is 25.1 Å². The number of benzene rings is 2. The van der Waals surface area contributed by atoms with Crippen LogP contribution in [0.1, 0.15) is 19.3 Å². The molecule has 3 rings (SSSR count). The zero-order valence-corrected chi connectivity index (χ0v) is 13.8. The van der Waals surface area contributed by atoms with Crippen LogP contribution in [0.3, 0.4) is 0 Å². The van der Waals surface area contributed by atoms with Crippen LogP contribution in [0.2, 0.25) is 0 Å². The van der Waals surface area contributed by atoms with Gasteiger partial charge in [-0.05, 0) is 30.7 Å². The topological polar surface area (TPSA) is 59.6 Å². The second kappa shape index (κ2) is 8.66. The minimum atomic E-state index is -0.189. The lowest BCUT2D eigenvalue weighted by molar-refractivity contribution is 0.0168. The van der Waals surface area contributed by atoms with E-state index in [1.54, 1.807) is 0 Å². The molecule has 5 nitrogen and oxygen atoms in total. The third kappa shape index (κ3) is 4.69. The third-order valence-corrected chi connectivity index (χ3v) is 4.12. The molecule has 1 fully saturated rings. The fraction of sp³-hybridized carbons (Fsp3) is 0.421. The maximum absolute atomic E-state index is 12.0. The first-order valence-electron chi connectivity index (χ1n) is 8.55. The number of carbonyl (C=O) groups is 1. The molecule has 2 aromatic rings. The SMILES string of the molecule is O=C(NCCCOC[C@@H]1CCCO1)Nc1cccc2ccccc12. The van der Waals surface area contributed by atoms with Crippen LogP contribution < -0.4 is 10.6 Å². The van der Waals surface area contributed by atoms with Crippen LogP contribution in [-0.2, 0) is 9.47 Å². The zero-order valence-electron chi connectivity index (χ0n) is 13.8. The average Bonchev–Trinajstić information content (AvgIpc) is 3.12. The second-order valence-corrected chi connectivity index (χ2v) is 5.97. The molecule has 0 spiro atoms. The lowest BCUT2D eigenvalue weighted by Gasteiger charge is -2.11. The molecule has 1 aliphatic heterocycles. The van der Waals surface area contributed by atoms with Crippen LogP contribution in [0.25, 0.3) is 10.8 Å². The summed E-state index contributed by atoms with van der Waals surface area (Å²) in [6, 6.07) is 13.7. The molecule has 1 aliphatic rings. The smallest absolute Gasteiger partial charge is 0.319 e. The molecule has 0 bridgehead atoms. The predicted molar refractivity (Wildman–Crippen MR) is 95.4 cm³/mol. The molecule has 2 N–H and O–H groups in total. The number of carbonyl (C=O) groups excluding carboxylic acids is 1. The number of urea groups is 1. The van der Waals surface area contributed by atoms with Crippen molar-refractivity contribution in [2.45, 2.75) is 25.4 Å². The average molecular weight is 328 g/mol.